The van der Waals surface area contributed by atoms with Gasteiger partial charge in [-0.05, 0) is 24.8 Å². The van der Waals surface area contributed by atoms with Gasteiger partial charge in [0.15, 0.2) is 0 Å². The average molecular weight is 319 g/mol. The van der Waals surface area contributed by atoms with Crippen LogP contribution in [0, 0.1) is 12.8 Å². The molecule has 3 rings (SSSR count). The fraction of sp³-hybridized carbons (Fsp3) is 0.400. The van der Waals surface area contributed by atoms with E-state index < -0.39 is 0 Å². The van der Waals surface area contributed by atoms with E-state index in [1.165, 1.54) is 0 Å². The minimum Gasteiger partial charge on any atom is -0.440 e. The summed E-state index contributed by atoms with van der Waals surface area (Å²) in [7, 11) is 0. The SMILES string of the molecule is Cc1oc(-c2cccs2)nc1CC(=O)N1CC[C@@H](C(N)=O)C1. The number of nitrogens with two attached hydrogens (primary N) is 1. The van der Waals surface area contributed by atoms with Crippen LogP contribution < -0.4 is 5.73 Å². The Morgan fingerprint density at radius 3 is 3.00 bits per heavy atom. The molecule has 7 heteroatoms. The van der Waals surface area contributed by atoms with E-state index in [2.05, 4.69) is 4.98 Å². The number of thiophene rings is 1. The molecule has 2 aromatic rings. The van der Waals surface area contributed by atoms with Gasteiger partial charge in [0.25, 0.3) is 0 Å². The van der Waals surface area contributed by atoms with Gasteiger partial charge in [-0.25, -0.2) is 4.98 Å². The summed E-state index contributed by atoms with van der Waals surface area (Å²) in [5.74, 6) is 0.587. The van der Waals surface area contributed by atoms with E-state index in [9.17, 15) is 9.59 Å². The van der Waals surface area contributed by atoms with Crippen molar-refractivity contribution >= 4 is 23.2 Å². The lowest BCUT2D eigenvalue weighted by Crippen LogP contribution is -2.32. The lowest BCUT2D eigenvalue weighted by Gasteiger charge is -2.15. The molecule has 1 aliphatic heterocycles. The maximum absolute atomic E-state index is 12.3. The number of carbonyl (C=O) groups is 2. The maximum Gasteiger partial charge on any atom is 0.236 e. The van der Waals surface area contributed by atoms with Crippen molar-refractivity contribution in [3.8, 4) is 10.8 Å². The van der Waals surface area contributed by atoms with E-state index >= 15 is 0 Å². The van der Waals surface area contributed by atoms with E-state index in [1.807, 2.05) is 24.4 Å². The highest BCUT2D eigenvalue weighted by atomic mass is 32.1. The van der Waals surface area contributed by atoms with Crippen LogP contribution in [0.4, 0.5) is 0 Å². The molecule has 0 unspecified atom stereocenters. The number of amides is 2. The van der Waals surface area contributed by atoms with Crippen LogP contribution >= 0.6 is 11.3 Å². The first-order valence-electron chi connectivity index (χ1n) is 7.12. The van der Waals surface area contributed by atoms with Crippen molar-refractivity contribution in [1.82, 2.24) is 9.88 Å². The highest BCUT2D eigenvalue weighted by Gasteiger charge is 2.30. The number of carbonyl (C=O) groups excluding carboxylic acids is 2. The molecule has 1 aliphatic rings. The normalized spacial score (nSPS) is 17.9. The first-order chi connectivity index (χ1) is 10.5. The summed E-state index contributed by atoms with van der Waals surface area (Å²) < 4.78 is 5.64. The number of aromatic nitrogens is 1. The van der Waals surface area contributed by atoms with Gasteiger partial charge in [0.2, 0.25) is 17.7 Å². The van der Waals surface area contributed by atoms with E-state index in [1.54, 1.807) is 16.2 Å². The van der Waals surface area contributed by atoms with Crippen molar-refractivity contribution < 1.29 is 14.0 Å². The number of hydrogen-bond donors (Lipinski definition) is 1. The molecule has 2 aromatic heterocycles. The van der Waals surface area contributed by atoms with Gasteiger partial charge < -0.3 is 15.1 Å². The van der Waals surface area contributed by atoms with Gasteiger partial charge in [-0.1, -0.05) is 6.07 Å². The maximum atomic E-state index is 12.3. The number of hydrogen-bond acceptors (Lipinski definition) is 5. The monoisotopic (exact) mass is 319 g/mol. The van der Waals surface area contributed by atoms with Crippen molar-refractivity contribution in [1.29, 1.82) is 0 Å². The number of aryl methyl sites for hydroxylation is 1. The molecule has 0 bridgehead atoms. The molecule has 6 nitrogen and oxygen atoms in total. The Balaban J connectivity index is 1.69. The smallest absolute Gasteiger partial charge is 0.236 e. The molecular formula is C15H17N3O3S. The van der Waals surface area contributed by atoms with E-state index in [4.69, 9.17) is 10.2 Å². The Kier molecular flexibility index (Phi) is 3.98. The van der Waals surface area contributed by atoms with Crippen LogP contribution in [0.5, 0.6) is 0 Å². The molecule has 1 saturated heterocycles. The number of primary amides is 1. The van der Waals surface area contributed by atoms with Gasteiger partial charge >= 0.3 is 0 Å². The molecule has 0 radical (unpaired) electrons. The molecule has 2 N–H and O–H groups in total. The lowest BCUT2D eigenvalue weighted by molar-refractivity contribution is -0.129. The minimum atomic E-state index is -0.340. The fourth-order valence-electron chi connectivity index (χ4n) is 2.57. The van der Waals surface area contributed by atoms with Crippen LogP contribution in [0.1, 0.15) is 17.9 Å². The zero-order valence-corrected chi connectivity index (χ0v) is 13.1. The quantitative estimate of drug-likeness (QED) is 0.926. The Morgan fingerprint density at radius 2 is 2.36 bits per heavy atom. The summed E-state index contributed by atoms with van der Waals surface area (Å²) in [5.41, 5.74) is 5.94. The predicted octanol–water partition coefficient (Wildman–Crippen LogP) is 1.59. The van der Waals surface area contributed by atoms with Gasteiger partial charge in [-0.2, -0.15) is 0 Å². The predicted molar refractivity (Wildman–Crippen MR) is 82.1 cm³/mol. The van der Waals surface area contributed by atoms with Crippen LogP contribution in [0.15, 0.2) is 21.9 Å². The molecule has 2 amide bonds. The zero-order valence-electron chi connectivity index (χ0n) is 12.2. The second-order valence-electron chi connectivity index (χ2n) is 5.40. The second kappa shape index (κ2) is 5.92. The molecule has 116 valence electrons. The van der Waals surface area contributed by atoms with Gasteiger partial charge in [0, 0.05) is 13.1 Å². The summed E-state index contributed by atoms with van der Waals surface area (Å²) in [5, 5.41) is 1.95. The Bertz CT molecular complexity index is 693. The number of likely N-dealkylation sites (tertiary alicyclic amines) is 1. The highest BCUT2D eigenvalue weighted by Crippen LogP contribution is 2.26. The highest BCUT2D eigenvalue weighted by molar-refractivity contribution is 7.13. The number of rotatable bonds is 4. The molecule has 0 saturated carbocycles. The summed E-state index contributed by atoms with van der Waals surface area (Å²) in [6.07, 6.45) is 0.825. The van der Waals surface area contributed by atoms with E-state index in [0.717, 1.165) is 4.88 Å². The molecule has 0 aliphatic carbocycles. The first-order valence-corrected chi connectivity index (χ1v) is 8.00. The van der Waals surface area contributed by atoms with Crippen LogP contribution in [0.2, 0.25) is 0 Å². The first kappa shape index (κ1) is 14.8. The molecular weight excluding hydrogens is 302 g/mol. The standard InChI is InChI=1S/C15H17N3O3S/c1-9-11(17-15(21-9)12-3-2-6-22-12)7-13(19)18-5-4-10(8-18)14(16)20/h2-3,6,10H,4-5,7-8H2,1H3,(H2,16,20)/t10-/m1/s1. The summed E-state index contributed by atoms with van der Waals surface area (Å²) in [6.45, 7) is 2.78. The fourth-order valence-corrected chi connectivity index (χ4v) is 3.22. The molecule has 22 heavy (non-hydrogen) atoms. The number of oxazole rings is 1. The Labute approximate surface area is 131 Å². The molecule has 0 aromatic carbocycles. The van der Waals surface area contributed by atoms with E-state index in [-0.39, 0.29) is 24.2 Å². The van der Waals surface area contributed by atoms with Crippen molar-refractivity contribution in [3.63, 3.8) is 0 Å². The molecule has 1 fully saturated rings. The average Bonchev–Trinajstić information content (AvgIpc) is 3.18. The van der Waals surface area contributed by atoms with Crippen LogP contribution in [-0.2, 0) is 16.0 Å². The third-order valence-electron chi connectivity index (χ3n) is 3.89. The van der Waals surface area contributed by atoms with Gasteiger partial charge in [0.05, 0.1) is 22.9 Å². The van der Waals surface area contributed by atoms with E-state index in [0.29, 0.717) is 36.9 Å². The van der Waals surface area contributed by atoms with Crippen LogP contribution in [0.25, 0.3) is 10.8 Å². The topological polar surface area (TPSA) is 89.4 Å². The Morgan fingerprint density at radius 1 is 1.55 bits per heavy atom. The van der Waals surface area contributed by atoms with Crippen molar-refractivity contribution in [2.45, 2.75) is 19.8 Å². The minimum absolute atomic E-state index is 0.0436. The van der Waals surface area contributed by atoms with Crippen molar-refractivity contribution in [2.24, 2.45) is 11.7 Å². The third kappa shape index (κ3) is 2.89. The van der Waals surface area contributed by atoms with Gasteiger partial charge in [-0.3, -0.25) is 9.59 Å². The second-order valence-corrected chi connectivity index (χ2v) is 6.35. The largest absolute Gasteiger partial charge is 0.440 e. The lowest BCUT2D eigenvalue weighted by atomic mass is 10.1. The third-order valence-corrected chi connectivity index (χ3v) is 4.74. The summed E-state index contributed by atoms with van der Waals surface area (Å²) in [4.78, 5) is 30.5. The van der Waals surface area contributed by atoms with Gasteiger partial charge in [0.1, 0.15) is 5.76 Å². The van der Waals surface area contributed by atoms with Crippen molar-refractivity contribution in [2.75, 3.05) is 13.1 Å². The molecule has 1 atom stereocenters. The summed E-state index contributed by atoms with van der Waals surface area (Å²) in [6, 6.07) is 3.86. The molecule has 3 heterocycles. The number of nitrogens with zero attached hydrogens (tertiary/aromatic N) is 2. The summed E-state index contributed by atoms with van der Waals surface area (Å²) >= 11 is 1.54. The van der Waals surface area contributed by atoms with Gasteiger partial charge in [-0.15, -0.1) is 11.3 Å². The van der Waals surface area contributed by atoms with Crippen LogP contribution in [-0.4, -0.2) is 34.8 Å². The molecule has 0 spiro atoms. The van der Waals surface area contributed by atoms with Crippen LogP contribution in [0.3, 0.4) is 0 Å². The Hall–Kier alpha value is -2.15. The van der Waals surface area contributed by atoms with Crippen molar-refractivity contribution in [3.05, 3.63) is 29.0 Å². The zero-order chi connectivity index (χ0) is 15.7.